The van der Waals surface area contributed by atoms with Crippen LogP contribution in [0.5, 0.6) is 11.5 Å². The van der Waals surface area contributed by atoms with Gasteiger partial charge in [0, 0.05) is 22.1 Å². The summed E-state index contributed by atoms with van der Waals surface area (Å²) in [6, 6.07) is 9.96. The van der Waals surface area contributed by atoms with E-state index >= 15 is 0 Å². The maximum Gasteiger partial charge on any atom is 0.167 e. The van der Waals surface area contributed by atoms with Gasteiger partial charge >= 0.3 is 0 Å². The van der Waals surface area contributed by atoms with Crippen LogP contribution in [-0.2, 0) is 0 Å². The quantitative estimate of drug-likeness (QED) is 0.653. The Morgan fingerprint density at radius 1 is 1.11 bits per heavy atom. The third-order valence-electron chi connectivity index (χ3n) is 2.72. The number of hydrogen-bond donors (Lipinski definition) is 1. The standard InChI is InChI=1S/C14H8BrClFNO/c15-10-7-12-8(3-4-18-12)5-14(10)19-13-2-1-9(16)6-11(13)17/h1-7,18H. The number of fused-ring (bicyclic) bond motifs is 1. The zero-order valence-corrected chi connectivity index (χ0v) is 11.9. The van der Waals surface area contributed by atoms with Gasteiger partial charge in [0.15, 0.2) is 11.6 Å². The molecule has 5 heteroatoms. The fraction of sp³-hybridized carbons (Fsp3) is 0. The van der Waals surface area contributed by atoms with E-state index in [1.165, 1.54) is 12.1 Å². The fourth-order valence-electron chi connectivity index (χ4n) is 1.81. The molecule has 1 aromatic heterocycles. The predicted octanol–water partition coefficient (Wildman–Crippen LogP) is 5.52. The molecule has 1 heterocycles. The largest absolute Gasteiger partial charge is 0.453 e. The number of halogens is 3. The number of ether oxygens (including phenoxy) is 1. The van der Waals surface area contributed by atoms with Crippen molar-refractivity contribution in [3.8, 4) is 11.5 Å². The first-order valence-corrected chi connectivity index (χ1v) is 6.70. The van der Waals surface area contributed by atoms with Gasteiger partial charge in [-0.15, -0.1) is 0 Å². The number of aromatic nitrogens is 1. The van der Waals surface area contributed by atoms with Crippen molar-refractivity contribution in [2.24, 2.45) is 0 Å². The summed E-state index contributed by atoms with van der Waals surface area (Å²) in [5, 5.41) is 1.33. The molecule has 0 bridgehead atoms. The van der Waals surface area contributed by atoms with Crippen molar-refractivity contribution < 1.29 is 9.13 Å². The molecule has 0 amide bonds. The van der Waals surface area contributed by atoms with Gasteiger partial charge in [0.1, 0.15) is 5.75 Å². The van der Waals surface area contributed by atoms with Crippen molar-refractivity contribution in [1.29, 1.82) is 0 Å². The van der Waals surface area contributed by atoms with Crippen molar-refractivity contribution in [2.45, 2.75) is 0 Å². The molecule has 2 aromatic carbocycles. The van der Waals surface area contributed by atoms with E-state index in [-0.39, 0.29) is 5.75 Å². The molecule has 0 saturated carbocycles. The van der Waals surface area contributed by atoms with Crippen LogP contribution >= 0.6 is 27.5 Å². The lowest BCUT2D eigenvalue weighted by molar-refractivity contribution is 0.440. The number of rotatable bonds is 2. The SMILES string of the molecule is Fc1cc(Cl)ccc1Oc1cc2cc[nH]c2cc1Br. The maximum atomic E-state index is 13.7. The van der Waals surface area contributed by atoms with Gasteiger partial charge in [-0.25, -0.2) is 4.39 Å². The molecule has 3 aromatic rings. The highest BCUT2D eigenvalue weighted by atomic mass is 79.9. The first kappa shape index (κ1) is 12.5. The summed E-state index contributed by atoms with van der Waals surface area (Å²) in [4.78, 5) is 3.09. The van der Waals surface area contributed by atoms with E-state index in [0.29, 0.717) is 10.8 Å². The molecule has 2 nitrogen and oxygen atoms in total. The number of nitrogens with one attached hydrogen (secondary N) is 1. The molecule has 0 aliphatic heterocycles. The molecule has 0 aliphatic rings. The number of aromatic amines is 1. The van der Waals surface area contributed by atoms with E-state index in [1.54, 1.807) is 6.07 Å². The molecule has 96 valence electrons. The van der Waals surface area contributed by atoms with E-state index in [4.69, 9.17) is 16.3 Å². The molecular weight excluding hydrogens is 333 g/mol. The van der Waals surface area contributed by atoms with Gasteiger partial charge in [-0.1, -0.05) is 11.6 Å². The van der Waals surface area contributed by atoms with Crippen LogP contribution in [0, 0.1) is 5.82 Å². The van der Waals surface area contributed by atoms with Crippen LogP contribution in [0.15, 0.2) is 47.1 Å². The minimum Gasteiger partial charge on any atom is -0.453 e. The summed E-state index contributed by atoms with van der Waals surface area (Å²) in [6.07, 6.45) is 1.84. The lowest BCUT2D eigenvalue weighted by Crippen LogP contribution is -1.89. The minimum atomic E-state index is -0.492. The lowest BCUT2D eigenvalue weighted by Gasteiger charge is -2.09. The zero-order chi connectivity index (χ0) is 13.4. The van der Waals surface area contributed by atoms with Gasteiger partial charge in [0.2, 0.25) is 0 Å². The Kier molecular flexibility index (Phi) is 3.21. The predicted molar refractivity (Wildman–Crippen MR) is 77.5 cm³/mol. The van der Waals surface area contributed by atoms with Gasteiger partial charge in [0.25, 0.3) is 0 Å². The minimum absolute atomic E-state index is 0.139. The Hall–Kier alpha value is -1.52. The molecule has 3 rings (SSSR count). The van der Waals surface area contributed by atoms with Gasteiger partial charge in [0.05, 0.1) is 4.47 Å². The van der Waals surface area contributed by atoms with Gasteiger partial charge < -0.3 is 9.72 Å². The number of H-pyrrole nitrogens is 1. The highest BCUT2D eigenvalue weighted by molar-refractivity contribution is 9.10. The van der Waals surface area contributed by atoms with Crippen LogP contribution in [0.1, 0.15) is 0 Å². The Morgan fingerprint density at radius 3 is 2.74 bits per heavy atom. The number of hydrogen-bond acceptors (Lipinski definition) is 1. The third kappa shape index (κ3) is 2.46. The third-order valence-corrected chi connectivity index (χ3v) is 3.57. The van der Waals surface area contributed by atoms with Gasteiger partial charge in [-0.2, -0.15) is 0 Å². The fourth-order valence-corrected chi connectivity index (χ4v) is 2.39. The zero-order valence-electron chi connectivity index (χ0n) is 9.58. The Labute approximate surface area is 122 Å². The van der Waals surface area contributed by atoms with Crippen molar-refractivity contribution in [3.05, 3.63) is 57.9 Å². The summed E-state index contributed by atoms with van der Waals surface area (Å²) in [7, 11) is 0. The molecule has 0 spiro atoms. The van der Waals surface area contributed by atoms with Crippen molar-refractivity contribution in [3.63, 3.8) is 0 Å². The van der Waals surface area contributed by atoms with Crippen molar-refractivity contribution in [1.82, 2.24) is 4.98 Å². The summed E-state index contributed by atoms with van der Waals surface area (Å²) in [6.45, 7) is 0. The summed E-state index contributed by atoms with van der Waals surface area (Å²) in [5.41, 5.74) is 0.982. The Morgan fingerprint density at radius 2 is 1.95 bits per heavy atom. The first-order chi connectivity index (χ1) is 9.13. The molecule has 19 heavy (non-hydrogen) atoms. The van der Waals surface area contributed by atoms with Crippen molar-refractivity contribution in [2.75, 3.05) is 0 Å². The normalized spacial score (nSPS) is 10.9. The number of benzene rings is 2. The Bertz CT molecular complexity index is 756. The van der Waals surface area contributed by atoms with E-state index in [2.05, 4.69) is 20.9 Å². The van der Waals surface area contributed by atoms with Crippen LogP contribution in [0.3, 0.4) is 0 Å². The molecule has 0 saturated heterocycles. The maximum absolute atomic E-state index is 13.7. The molecule has 0 aliphatic carbocycles. The molecule has 0 radical (unpaired) electrons. The average molecular weight is 341 g/mol. The topological polar surface area (TPSA) is 25.0 Å². The molecule has 0 unspecified atom stereocenters. The van der Waals surface area contributed by atoms with Crippen LogP contribution in [0.2, 0.25) is 5.02 Å². The van der Waals surface area contributed by atoms with Crippen LogP contribution in [0.25, 0.3) is 10.9 Å². The summed E-state index contributed by atoms with van der Waals surface area (Å²) in [5.74, 6) is 0.196. The van der Waals surface area contributed by atoms with Crippen LogP contribution < -0.4 is 4.74 Å². The molecule has 1 N–H and O–H groups in total. The van der Waals surface area contributed by atoms with Crippen molar-refractivity contribution >= 4 is 38.4 Å². The summed E-state index contributed by atoms with van der Waals surface area (Å²) < 4.78 is 20.0. The van der Waals surface area contributed by atoms with E-state index in [9.17, 15) is 4.39 Å². The smallest absolute Gasteiger partial charge is 0.167 e. The monoisotopic (exact) mass is 339 g/mol. The van der Waals surface area contributed by atoms with E-state index in [0.717, 1.165) is 15.4 Å². The second-order valence-corrected chi connectivity index (χ2v) is 5.32. The highest BCUT2D eigenvalue weighted by Crippen LogP contribution is 2.34. The average Bonchev–Trinajstić information content (AvgIpc) is 2.80. The molecule has 0 atom stereocenters. The van der Waals surface area contributed by atoms with E-state index in [1.807, 2.05) is 24.4 Å². The van der Waals surface area contributed by atoms with E-state index < -0.39 is 5.82 Å². The second kappa shape index (κ2) is 4.87. The molecular formula is C14H8BrClFNO. The van der Waals surface area contributed by atoms with Crippen LogP contribution in [-0.4, -0.2) is 4.98 Å². The first-order valence-electron chi connectivity index (χ1n) is 5.53. The second-order valence-electron chi connectivity index (χ2n) is 4.02. The van der Waals surface area contributed by atoms with Gasteiger partial charge in [-0.05, 0) is 52.3 Å². The Balaban J connectivity index is 2.02. The lowest BCUT2D eigenvalue weighted by atomic mass is 10.2. The molecule has 0 fully saturated rings. The summed E-state index contributed by atoms with van der Waals surface area (Å²) >= 11 is 9.11. The van der Waals surface area contributed by atoms with Gasteiger partial charge in [-0.3, -0.25) is 0 Å². The van der Waals surface area contributed by atoms with Crippen LogP contribution in [0.4, 0.5) is 4.39 Å². The highest BCUT2D eigenvalue weighted by Gasteiger charge is 2.09.